The summed E-state index contributed by atoms with van der Waals surface area (Å²) in [6, 6.07) is 1.59. The predicted octanol–water partition coefficient (Wildman–Crippen LogP) is 3.63. The van der Waals surface area contributed by atoms with Crippen molar-refractivity contribution in [1.29, 1.82) is 0 Å². The normalized spacial score (nSPS) is 16.3. The Morgan fingerprint density at radius 3 is 2.88 bits per heavy atom. The first-order chi connectivity index (χ1) is 8.27. The van der Waals surface area contributed by atoms with Crippen molar-refractivity contribution in [2.24, 2.45) is 5.92 Å². The number of nitrogens with one attached hydrogen (secondary N) is 1. The molecule has 1 saturated carbocycles. The molecule has 0 atom stereocenters. The van der Waals surface area contributed by atoms with Crippen LogP contribution >= 0.6 is 11.6 Å². The van der Waals surface area contributed by atoms with Gasteiger partial charge in [0.25, 0.3) is 5.91 Å². The van der Waals surface area contributed by atoms with E-state index in [1.165, 1.54) is 38.4 Å². The van der Waals surface area contributed by atoms with Gasteiger partial charge in [-0.3, -0.25) is 4.79 Å². The first kappa shape index (κ1) is 12.5. The van der Waals surface area contributed by atoms with Gasteiger partial charge in [-0.2, -0.15) is 0 Å². The smallest absolute Gasteiger partial charge is 0.256 e. The van der Waals surface area contributed by atoms with Crippen LogP contribution in [0.3, 0.4) is 0 Å². The predicted molar refractivity (Wildman–Crippen MR) is 67.2 cm³/mol. The number of carbonyl (C=O) groups excluding carboxylic acids is 1. The van der Waals surface area contributed by atoms with Crippen molar-refractivity contribution in [3.05, 3.63) is 23.1 Å². The molecule has 1 aliphatic carbocycles. The SMILES string of the molecule is O=C(NCCCC1CCCC1)c1ccoc1Cl. The summed E-state index contributed by atoms with van der Waals surface area (Å²) in [5.41, 5.74) is 0.424. The van der Waals surface area contributed by atoms with E-state index >= 15 is 0 Å². The first-order valence-electron chi connectivity index (χ1n) is 6.28. The number of hydrogen-bond donors (Lipinski definition) is 1. The Morgan fingerprint density at radius 1 is 1.47 bits per heavy atom. The topological polar surface area (TPSA) is 42.2 Å². The number of amides is 1. The molecule has 1 aromatic heterocycles. The summed E-state index contributed by atoms with van der Waals surface area (Å²) in [5.74, 6) is 0.736. The molecule has 1 N–H and O–H groups in total. The van der Waals surface area contributed by atoms with Gasteiger partial charge in [-0.1, -0.05) is 25.7 Å². The standard InChI is InChI=1S/C13H18ClNO2/c14-12-11(7-9-17-12)13(16)15-8-3-6-10-4-1-2-5-10/h7,9-10H,1-6,8H2,(H,15,16). The van der Waals surface area contributed by atoms with Crippen molar-refractivity contribution in [3.63, 3.8) is 0 Å². The summed E-state index contributed by atoms with van der Waals surface area (Å²) >= 11 is 5.72. The molecule has 0 aliphatic heterocycles. The van der Waals surface area contributed by atoms with Crippen LogP contribution in [0, 0.1) is 5.92 Å². The summed E-state index contributed by atoms with van der Waals surface area (Å²) < 4.78 is 4.88. The summed E-state index contributed by atoms with van der Waals surface area (Å²) in [6.45, 7) is 0.719. The van der Waals surface area contributed by atoms with Crippen molar-refractivity contribution in [3.8, 4) is 0 Å². The molecule has 1 aliphatic rings. The van der Waals surface area contributed by atoms with E-state index in [-0.39, 0.29) is 11.1 Å². The molecule has 0 spiro atoms. The Kier molecular flexibility index (Phi) is 4.49. The Labute approximate surface area is 107 Å². The zero-order chi connectivity index (χ0) is 12.1. The molecule has 0 saturated heterocycles. The van der Waals surface area contributed by atoms with Crippen LogP contribution in [0.25, 0.3) is 0 Å². The zero-order valence-corrected chi connectivity index (χ0v) is 10.6. The van der Waals surface area contributed by atoms with Crippen molar-refractivity contribution in [2.75, 3.05) is 6.54 Å². The summed E-state index contributed by atoms with van der Waals surface area (Å²) in [4.78, 5) is 11.7. The van der Waals surface area contributed by atoms with Gasteiger partial charge in [0.2, 0.25) is 5.22 Å². The van der Waals surface area contributed by atoms with E-state index in [4.69, 9.17) is 16.0 Å². The third-order valence-corrected chi connectivity index (χ3v) is 3.70. The second kappa shape index (κ2) is 6.10. The molecule has 1 aromatic rings. The van der Waals surface area contributed by atoms with Crippen molar-refractivity contribution in [1.82, 2.24) is 5.32 Å². The van der Waals surface area contributed by atoms with Crippen LogP contribution in [0.5, 0.6) is 0 Å². The number of furan rings is 1. The summed E-state index contributed by atoms with van der Waals surface area (Å²) in [7, 11) is 0. The molecule has 0 bridgehead atoms. The van der Waals surface area contributed by atoms with E-state index in [0.29, 0.717) is 5.56 Å². The fourth-order valence-electron chi connectivity index (χ4n) is 2.44. The van der Waals surface area contributed by atoms with Gasteiger partial charge < -0.3 is 9.73 Å². The molecule has 1 heterocycles. The lowest BCUT2D eigenvalue weighted by Gasteiger charge is -2.08. The number of rotatable bonds is 5. The van der Waals surface area contributed by atoms with Crippen LogP contribution in [0.4, 0.5) is 0 Å². The second-order valence-electron chi connectivity index (χ2n) is 4.66. The summed E-state index contributed by atoms with van der Waals surface area (Å²) in [5, 5.41) is 3.03. The fourth-order valence-corrected chi connectivity index (χ4v) is 2.64. The van der Waals surface area contributed by atoms with Gasteiger partial charge >= 0.3 is 0 Å². The molecule has 4 heteroatoms. The van der Waals surface area contributed by atoms with Crippen LogP contribution < -0.4 is 5.32 Å². The van der Waals surface area contributed by atoms with Crippen molar-refractivity contribution >= 4 is 17.5 Å². The van der Waals surface area contributed by atoms with Gasteiger partial charge in [-0.15, -0.1) is 0 Å². The molecule has 0 unspecified atom stereocenters. The zero-order valence-electron chi connectivity index (χ0n) is 9.88. The molecule has 94 valence electrons. The lowest BCUT2D eigenvalue weighted by Crippen LogP contribution is -2.24. The number of hydrogen-bond acceptors (Lipinski definition) is 2. The number of carbonyl (C=O) groups is 1. The Morgan fingerprint density at radius 2 is 2.24 bits per heavy atom. The molecule has 0 aromatic carbocycles. The number of halogens is 1. The van der Waals surface area contributed by atoms with E-state index in [9.17, 15) is 4.79 Å². The van der Waals surface area contributed by atoms with E-state index in [0.717, 1.165) is 18.9 Å². The largest absolute Gasteiger partial charge is 0.452 e. The van der Waals surface area contributed by atoms with Crippen molar-refractivity contribution < 1.29 is 9.21 Å². The minimum Gasteiger partial charge on any atom is -0.452 e. The lowest BCUT2D eigenvalue weighted by atomic mass is 10.0. The second-order valence-corrected chi connectivity index (χ2v) is 5.00. The van der Waals surface area contributed by atoms with Gasteiger partial charge in [-0.05, 0) is 36.4 Å². The average Bonchev–Trinajstić information content (AvgIpc) is 2.95. The molecular weight excluding hydrogens is 238 g/mol. The highest BCUT2D eigenvalue weighted by Gasteiger charge is 2.15. The average molecular weight is 256 g/mol. The highest BCUT2D eigenvalue weighted by Crippen LogP contribution is 2.28. The lowest BCUT2D eigenvalue weighted by molar-refractivity contribution is 0.0952. The van der Waals surface area contributed by atoms with E-state index < -0.39 is 0 Å². The Bertz CT molecular complexity index is 369. The monoisotopic (exact) mass is 255 g/mol. The van der Waals surface area contributed by atoms with Gasteiger partial charge in [-0.25, -0.2) is 0 Å². The fraction of sp³-hybridized carbons (Fsp3) is 0.615. The maximum Gasteiger partial charge on any atom is 0.256 e. The Balaban J connectivity index is 1.65. The van der Waals surface area contributed by atoms with Gasteiger partial charge in [0.05, 0.1) is 11.8 Å². The molecule has 3 nitrogen and oxygen atoms in total. The van der Waals surface area contributed by atoms with E-state index in [1.54, 1.807) is 6.07 Å². The molecule has 1 amide bonds. The van der Waals surface area contributed by atoms with Crippen LogP contribution in [-0.4, -0.2) is 12.5 Å². The maximum atomic E-state index is 11.7. The molecule has 1 fully saturated rings. The molecule has 2 rings (SSSR count). The molecule has 17 heavy (non-hydrogen) atoms. The third-order valence-electron chi connectivity index (χ3n) is 3.41. The van der Waals surface area contributed by atoms with E-state index in [2.05, 4.69) is 5.32 Å². The highest BCUT2D eigenvalue weighted by molar-refractivity contribution is 6.32. The first-order valence-corrected chi connectivity index (χ1v) is 6.66. The van der Waals surface area contributed by atoms with Gasteiger partial charge in [0, 0.05) is 6.54 Å². The van der Waals surface area contributed by atoms with Gasteiger partial charge in [0.15, 0.2) is 0 Å². The molecular formula is C13H18ClNO2. The van der Waals surface area contributed by atoms with Crippen molar-refractivity contribution in [2.45, 2.75) is 38.5 Å². The van der Waals surface area contributed by atoms with Crippen LogP contribution in [0.2, 0.25) is 5.22 Å². The van der Waals surface area contributed by atoms with Crippen LogP contribution in [0.1, 0.15) is 48.9 Å². The highest BCUT2D eigenvalue weighted by atomic mass is 35.5. The Hall–Kier alpha value is -0.960. The third kappa shape index (κ3) is 3.50. The molecule has 0 radical (unpaired) electrons. The van der Waals surface area contributed by atoms with Crippen LogP contribution in [-0.2, 0) is 0 Å². The minimum absolute atomic E-state index is 0.143. The van der Waals surface area contributed by atoms with E-state index in [1.807, 2.05) is 0 Å². The quantitative estimate of drug-likeness (QED) is 0.817. The summed E-state index contributed by atoms with van der Waals surface area (Å²) in [6.07, 6.45) is 9.17. The van der Waals surface area contributed by atoms with Crippen LogP contribution in [0.15, 0.2) is 16.7 Å². The minimum atomic E-state index is -0.143. The maximum absolute atomic E-state index is 11.7. The van der Waals surface area contributed by atoms with Gasteiger partial charge in [0.1, 0.15) is 0 Å².